The first kappa shape index (κ1) is 23.7. The van der Waals surface area contributed by atoms with Gasteiger partial charge in [0.05, 0.1) is 35.4 Å². The Labute approximate surface area is 196 Å². The molecule has 0 unspecified atom stereocenters. The average molecular weight is 476 g/mol. The van der Waals surface area contributed by atoms with E-state index in [0.717, 1.165) is 22.6 Å². The molecule has 3 heterocycles. The fourth-order valence-corrected chi connectivity index (χ4v) is 5.63. The van der Waals surface area contributed by atoms with Gasteiger partial charge >= 0.3 is 6.03 Å². The van der Waals surface area contributed by atoms with Crippen LogP contribution in [0.4, 0.5) is 16.3 Å². The van der Waals surface area contributed by atoms with E-state index < -0.39 is 15.3 Å². The summed E-state index contributed by atoms with van der Waals surface area (Å²) in [5.74, 6) is 1.50. The van der Waals surface area contributed by atoms with Crippen molar-refractivity contribution >= 4 is 28.1 Å². The first-order valence-electron chi connectivity index (χ1n) is 11.3. The maximum atomic E-state index is 11.8. The molecular formula is C23H33N5O4S. The molecule has 0 radical (unpaired) electrons. The second-order valence-electron chi connectivity index (χ2n) is 9.22. The van der Waals surface area contributed by atoms with Gasteiger partial charge in [0.2, 0.25) is 0 Å². The third-order valence-electron chi connectivity index (χ3n) is 6.27. The molecule has 1 atom stereocenters. The minimum Gasteiger partial charge on any atom is -0.377 e. The number of nitrogens with one attached hydrogen (secondary N) is 2. The van der Waals surface area contributed by atoms with Crippen molar-refractivity contribution in [1.29, 1.82) is 0 Å². The molecule has 180 valence electrons. The van der Waals surface area contributed by atoms with E-state index in [2.05, 4.69) is 22.5 Å². The summed E-state index contributed by atoms with van der Waals surface area (Å²) in [4.78, 5) is 23.8. The summed E-state index contributed by atoms with van der Waals surface area (Å²) < 4.78 is 26.7. The van der Waals surface area contributed by atoms with E-state index in [0.29, 0.717) is 44.2 Å². The number of hydrogen-bond donors (Lipinski definition) is 4. The lowest BCUT2D eigenvalue weighted by Gasteiger charge is -2.50. The fraction of sp³-hybridized carbons (Fsp3) is 0.522. The summed E-state index contributed by atoms with van der Waals surface area (Å²) in [6.07, 6.45) is 0.461. The Morgan fingerprint density at radius 2 is 2.00 bits per heavy atom. The van der Waals surface area contributed by atoms with Crippen molar-refractivity contribution in [3.63, 3.8) is 0 Å². The van der Waals surface area contributed by atoms with Crippen LogP contribution < -0.4 is 15.5 Å². The molecule has 2 aliphatic heterocycles. The minimum atomic E-state index is -2.84. The Balaban J connectivity index is 1.74. The quantitative estimate of drug-likeness (QED) is 0.526. The number of fused-ring (bicyclic) bond motifs is 1. The van der Waals surface area contributed by atoms with E-state index in [4.69, 9.17) is 14.7 Å². The number of morpholine rings is 1. The second-order valence-corrected chi connectivity index (χ2v) is 12.0. The van der Waals surface area contributed by atoms with Gasteiger partial charge in [-0.25, -0.2) is 14.8 Å². The molecule has 4 rings (SSSR count). The van der Waals surface area contributed by atoms with Crippen molar-refractivity contribution in [2.45, 2.75) is 50.7 Å². The zero-order chi connectivity index (χ0) is 23.8. The first-order chi connectivity index (χ1) is 15.6. The Morgan fingerprint density at radius 1 is 1.27 bits per heavy atom. The number of aromatic nitrogens is 2. The van der Waals surface area contributed by atoms with Crippen molar-refractivity contribution in [2.75, 3.05) is 36.5 Å². The van der Waals surface area contributed by atoms with Gasteiger partial charge in [-0.2, -0.15) is 10.6 Å². The van der Waals surface area contributed by atoms with E-state index in [1.807, 2.05) is 45.0 Å². The Kier molecular flexibility index (Phi) is 6.54. The van der Waals surface area contributed by atoms with E-state index >= 15 is 0 Å². The SMILES string of the molecule is CCNC(=O)Nc1ccc(-c2nc3c(c(N4CCOC[C@@H]4C)n2)CS(O)(O)C(C)(C)C3)cc1. The number of anilines is 2. The Morgan fingerprint density at radius 3 is 2.67 bits per heavy atom. The third kappa shape index (κ3) is 4.79. The van der Waals surface area contributed by atoms with E-state index in [9.17, 15) is 13.9 Å². The summed E-state index contributed by atoms with van der Waals surface area (Å²) in [7, 11) is -2.84. The van der Waals surface area contributed by atoms with Crippen molar-refractivity contribution in [3.8, 4) is 11.4 Å². The number of nitrogens with zero attached hydrogens (tertiary/aromatic N) is 3. The van der Waals surface area contributed by atoms with Crippen LogP contribution in [0.2, 0.25) is 0 Å². The van der Waals surface area contributed by atoms with Crippen molar-refractivity contribution in [2.24, 2.45) is 0 Å². The van der Waals surface area contributed by atoms with Crippen LogP contribution in [-0.4, -0.2) is 62.2 Å². The second kappa shape index (κ2) is 9.09. The highest BCUT2D eigenvalue weighted by Gasteiger charge is 2.42. The first-order valence-corrected chi connectivity index (χ1v) is 13.0. The Hall–Kier alpha value is -2.40. The van der Waals surface area contributed by atoms with Crippen LogP contribution in [0.25, 0.3) is 11.4 Å². The van der Waals surface area contributed by atoms with Gasteiger partial charge in [-0.1, -0.05) is 0 Å². The van der Waals surface area contributed by atoms with Crippen LogP contribution in [0, 0.1) is 0 Å². The molecule has 1 fully saturated rings. The average Bonchev–Trinajstić information content (AvgIpc) is 2.75. The van der Waals surface area contributed by atoms with E-state index in [1.165, 1.54) is 0 Å². The summed E-state index contributed by atoms with van der Waals surface area (Å²) >= 11 is 0. The highest BCUT2D eigenvalue weighted by atomic mass is 32.3. The number of ether oxygens (including phenoxy) is 1. The molecule has 2 aliphatic rings. The van der Waals surface area contributed by atoms with Crippen molar-refractivity contribution in [1.82, 2.24) is 15.3 Å². The standard InChI is InChI=1S/C23H33N5O4S/c1-5-24-22(29)25-17-8-6-16(7-9-17)20-26-19-12-23(3,4)33(30,31)14-18(19)21(27-20)28-10-11-32-13-15(28)2/h6-9,15,30-31H,5,10-14H2,1-4H3,(H2,24,25,29)/t15-/m0/s1. The van der Waals surface area contributed by atoms with Gasteiger partial charge in [-0.05, 0) is 52.0 Å². The number of carbonyl (C=O) groups is 1. The van der Waals surface area contributed by atoms with E-state index in [1.54, 1.807) is 0 Å². The number of urea groups is 1. The molecule has 10 heteroatoms. The molecule has 1 saturated heterocycles. The largest absolute Gasteiger partial charge is 0.377 e. The van der Waals surface area contributed by atoms with Gasteiger partial charge in [-0.3, -0.25) is 9.11 Å². The lowest BCUT2D eigenvalue weighted by atomic mass is 10.0. The highest BCUT2D eigenvalue weighted by molar-refractivity contribution is 8.24. The van der Waals surface area contributed by atoms with Crippen molar-refractivity contribution < 1.29 is 18.6 Å². The van der Waals surface area contributed by atoms with Gasteiger partial charge in [0.1, 0.15) is 5.82 Å². The normalized spacial score (nSPS) is 22.2. The van der Waals surface area contributed by atoms with Crippen LogP contribution in [-0.2, 0) is 16.9 Å². The number of benzene rings is 1. The molecule has 4 N–H and O–H groups in total. The molecule has 0 spiro atoms. The smallest absolute Gasteiger partial charge is 0.319 e. The molecule has 1 aromatic carbocycles. The van der Waals surface area contributed by atoms with Gasteiger partial charge in [0.25, 0.3) is 0 Å². The molecule has 9 nitrogen and oxygen atoms in total. The summed E-state index contributed by atoms with van der Waals surface area (Å²) in [6, 6.07) is 7.29. The summed E-state index contributed by atoms with van der Waals surface area (Å²) in [6.45, 7) is 10.1. The molecule has 2 amide bonds. The molecule has 1 aromatic heterocycles. The van der Waals surface area contributed by atoms with Crippen molar-refractivity contribution in [3.05, 3.63) is 35.5 Å². The Bertz CT molecular complexity index is 1030. The zero-order valence-electron chi connectivity index (χ0n) is 19.6. The molecule has 2 aromatic rings. The fourth-order valence-electron chi connectivity index (χ4n) is 4.17. The van der Waals surface area contributed by atoms with Gasteiger partial charge < -0.3 is 20.3 Å². The maximum Gasteiger partial charge on any atom is 0.319 e. The van der Waals surface area contributed by atoms with Gasteiger partial charge in [0.15, 0.2) is 5.82 Å². The molecule has 33 heavy (non-hydrogen) atoms. The molecule has 0 saturated carbocycles. The monoisotopic (exact) mass is 475 g/mol. The van der Waals surface area contributed by atoms with Gasteiger partial charge in [-0.15, -0.1) is 0 Å². The molecule has 0 bridgehead atoms. The van der Waals surface area contributed by atoms with Crippen LogP contribution >= 0.6 is 10.6 Å². The highest BCUT2D eigenvalue weighted by Crippen LogP contribution is 2.60. The number of carbonyl (C=O) groups excluding carboxylic acids is 1. The predicted molar refractivity (Wildman–Crippen MR) is 132 cm³/mol. The number of hydrogen-bond acceptors (Lipinski definition) is 7. The number of amides is 2. The lowest BCUT2D eigenvalue weighted by Crippen LogP contribution is -2.46. The summed E-state index contributed by atoms with van der Waals surface area (Å²) in [5, 5.41) is 5.50. The van der Waals surface area contributed by atoms with E-state index in [-0.39, 0.29) is 17.8 Å². The number of rotatable bonds is 4. The topological polar surface area (TPSA) is 120 Å². The molecular weight excluding hydrogens is 442 g/mol. The lowest BCUT2D eigenvalue weighted by molar-refractivity contribution is 0.0984. The predicted octanol–water partition coefficient (Wildman–Crippen LogP) is 4.10. The van der Waals surface area contributed by atoms with Crippen LogP contribution in [0.15, 0.2) is 24.3 Å². The summed E-state index contributed by atoms with van der Waals surface area (Å²) in [5.41, 5.74) is 3.19. The molecule has 0 aliphatic carbocycles. The minimum absolute atomic E-state index is 0.117. The van der Waals surface area contributed by atoms with Crippen LogP contribution in [0.1, 0.15) is 39.0 Å². The van der Waals surface area contributed by atoms with Crippen LogP contribution in [0.5, 0.6) is 0 Å². The maximum absolute atomic E-state index is 11.8. The third-order valence-corrected chi connectivity index (χ3v) is 8.88. The van der Waals surface area contributed by atoms with Gasteiger partial charge in [0, 0.05) is 36.3 Å². The van der Waals surface area contributed by atoms with Crippen LogP contribution in [0.3, 0.4) is 0 Å². The zero-order valence-corrected chi connectivity index (χ0v) is 20.4.